The van der Waals surface area contributed by atoms with E-state index in [2.05, 4.69) is 17.3 Å². The van der Waals surface area contributed by atoms with Crippen molar-refractivity contribution in [2.45, 2.75) is 19.3 Å². The van der Waals surface area contributed by atoms with Gasteiger partial charge in [-0.15, -0.1) is 0 Å². The Kier molecular flexibility index (Phi) is 2.94. The highest BCUT2D eigenvalue weighted by atomic mass is 16.5. The van der Waals surface area contributed by atoms with E-state index >= 15 is 0 Å². The summed E-state index contributed by atoms with van der Waals surface area (Å²) >= 11 is 0. The van der Waals surface area contributed by atoms with Gasteiger partial charge in [-0.3, -0.25) is 0 Å². The van der Waals surface area contributed by atoms with Crippen LogP contribution in [0.3, 0.4) is 0 Å². The summed E-state index contributed by atoms with van der Waals surface area (Å²) in [6, 6.07) is 0. The predicted molar refractivity (Wildman–Crippen MR) is 64.4 cm³/mol. The summed E-state index contributed by atoms with van der Waals surface area (Å²) in [6.07, 6.45) is 4.15. The molecular formula is C13H24N2O. The van der Waals surface area contributed by atoms with Gasteiger partial charge in [-0.2, -0.15) is 0 Å². The minimum atomic E-state index is 0.526. The van der Waals surface area contributed by atoms with Gasteiger partial charge >= 0.3 is 0 Å². The first kappa shape index (κ1) is 11.0. The number of rotatable bonds is 2. The van der Waals surface area contributed by atoms with Crippen molar-refractivity contribution in [3.63, 3.8) is 0 Å². The zero-order valence-corrected chi connectivity index (χ0v) is 10.4. The summed E-state index contributed by atoms with van der Waals surface area (Å²) in [6.45, 7) is 7.07. The summed E-state index contributed by atoms with van der Waals surface area (Å²) in [7, 11) is 2.26. The summed E-state index contributed by atoms with van der Waals surface area (Å²) < 4.78 is 5.59. The Bertz CT molecular complexity index is 240. The van der Waals surface area contributed by atoms with Crippen LogP contribution < -0.4 is 5.32 Å². The molecule has 3 nitrogen and oxygen atoms in total. The van der Waals surface area contributed by atoms with Crippen molar-refractivity contribution in [1.29, 1.82) is 0 Å². The van der Waals surface area contributed by atoms with Gasteiger partial charge in [0.15, 0.2) is 0 Å². The van der Waals surface area contributed by atoms with Crippen molar-refractivity contribution < 1.29 is 4.74 Å². The van der Waals surface area contributed by atoms with Crippen LogP contribution >= 0.6 is 0 Å². The van der Waals surface area contributed by atoms with Crippen molar-refractivity contribution in [2.75, 3.05) is 46.4 Å². The first-order valence-corrected chi connectivity index (χ1v) is 6.78. The second-order valence-corrected chi connectivity index (χ2v) is 6.02. The van der Waals surface area contributed by atoms with Crippen LogP contribution in [0, 0.1) is 17.3 Å². The fraction of sp³-hybridized carbons (Fsp3) is 1.00. The Morgan fingerprint density at radius 2 is 2.12 bits per heavy atom. The van der Waals surface area contributed by atoms with Crippen LogP contribution in [0.15, 0.2) is 0 Å². The standard InChI is InChI=1S/C13H24N2O/c1-15-6-4-12(8-15)13(9-16-10-13)11-3-2-5-14-7-11/h11-12,14H,2-10H2,1H3. The third-order valence-corrected chi connectivity index (χ3v) is 5.06. The zero-order chi connectivity index (χ0) is 11.0. The van der Waals surface area contributed by atoms with Gasteiger partial charge in [0.1, 0.15) is 0 Å². The molecule has 3 aliphatic heterocycles. The van der Waals surface area contributed by atoms with Crippen molar-refractivity contribution in [3.05, 3.63) is 0 Å². The van der Waals surface area contributed by atoms with Crippen LogP contribution in [0.2, 0.25) is 0 Å². The van der Waals surface area contributed by atoms with E-state index < -0.39 is 0 Å². The summed E-state index contributed by atoms with van der Waals surface area (Å²) in [5.41, 5.74) is 0.526. The van der Waals surface area contributed by atoms with Crippen LogP contribution in [-0.2, 0) is 4.74 Å². The lowest BCUT2D eigenvalue weighted by molar-refractivity contribution is -0.179. The quantitative estimate of drug-likeness (QED) is 0.756. The molecule has 1 N–H and O–H groups in total. The number of ether oxygens (including phenoxy) is 1. The van der Waals surface area contributed by atoms with Crippen molar-refractivity contribution >= 4 is 0 Å². The molecule has 2 atom stereocenters. The fourth-order valence-electron chi connectivity index (χ4n) is 3.89. The predicted octanol–water partition coefficient (Wildman–Crippen LogP) is 0.954. The molecule has 0 aromatic carbocycles. The van der Waals surface area contributed by atoms with Crippen molar-refractivity contribution in [1.82, 2.24) is 10.2 Å². The van der Waals surface area contributed by atoms with Crippen molar-refractivity contribution in [3.8, 4) is 0 Å². The Labute approximate surface area is 98.5 Å². The van der Waals surface area contributed by atoms with Gasteiger partial charge in [-0.05, 0) is 57.8 Å². The van der Waals surface area contributed by atoms with Crippen LogP contribution in [0.1, 0.15) is 19.3 Å². The lowest BCUT2D eigenvalue weighted by Crippen LogP contribution is -2.57. The number of nitrogens with zero attached hydrogens (tertiary/aromatic N) is 1. The van der Waals surface area contributed by atoms with Gasteiger partial charge in [0, 0.05) is 12.0 Å². The third-order valence-electron chi connectivity index (χ3n) is 5.06. The average Bonchev–Trinajstić information content (AvgIpc) is 2.65. The monoisotopic (exact) mass is 224 g/mol. The van der Waals surface area contributed by atoms with Crippen LogP contribution in [0.5, 0.6) is 0 Å². The fourth-order valence-corrected chi connectivity index (χ4v) is 3.89. The van der Waals surface area contributed by atoms with E-state index in [9.17, 15) is 0 Å². The molecule has 3 aliphatic rings. The lowest BCUT2D eigenvalue weighted by atomic mass is 9.62. The van der Waals surface area contributed by atoms with Gasteiger partial charge in [0.05, 0.1) is 13.2 Å². The molecule has 0 saturated carbocycles. The van der Waals surface area contributed by atoms with Crippen LogP contribution in [-0.4, -0.2) is 51.3 Å². The van der Waals surface area contributed by atoms with E-state index in [0.717, 1.165) is 25.0 Å². The Morgan fingerprint density at radius 1 is 1.25 bits per heavy atom. The van der Waals surface area contributed by atoms with Crippen molar-refractivity contribution in [2.24, 2.45) is 17.3 Å². The maximum atomic E-state index is 5.59. The van der Waals surface area contributed by atoms with Gasteiger partial charge < -0.3 is 15.0 Å². The number of piperidine rings is 1. The summed E-state index contributed by atoms with van der Waals surface area (Å²) in [5, 5.41) is 3.57. The maximum Gasteiger partial charge on any atom is 0.0551 e. The number of hydrogen-bond acceptors (Lipinski definition) is 3. The second kappa shape index (κ2) is 4.28. The van der Waals surface area contributed by atoms with Gasteiger partial charge in [-0.25, -0.2) is 0 Å². The highest BCUT2D eigenvalue weighted by molar-refractivity contribution is 5.01. The average molecular weight is 224 g/mol. The normalized spacial score (nSPS) is 39.6. The van der Waals surface area contributed by atoms with Crippen LogP contribution in [0.4, 0.5) is 0 Å². The molecule has 0 aromatic rings. The van der Waals surface area contributed by atoms with E-state index in [1.54, 1.807) is 0 Å². The molecule has 2 unspecified atom stereocenters. The van der Waals surface area contributed by atoms with E-state index in [1.165, 1.54) is 45.4 Å². The molecule has 3 saturated heterocycles. The van der Waals surface area contributed by atoms with Gasteiger partial charge in [0.2, 0.25) is 0 Å². The molecule has 0 aliphatic carbocycles. The van der Waals surface area contributed by atoms with E-state index in [0.29, 0.717) is 5.41 Å². The van der Waals surface area contributed by atoms with Crippen LogP contribution in [0.25, 0.3) is 0 Å². The highest BCUT2D eigenvalue weighted by Gasteiger charge is 2.52. The molecule has 3 heteroatoms. The Hall–Kier alpha value is -0.120. The van der Waals surface area contributed by atoms with Gasteiger partial charge in [-0.1, -0.05) is 0 Å². The van der Waals surface area contributed by atoms with E-state index in [1.807, 2.05) is 0 Å². The molecule has 3 heterocycles. The second-order valence-electron chi connectivity index (χ2n) is 6.02. The smallest absolute Gasteiger partial charge is 0.0551 e. The highest BCUT2D eigenvalue weighted by Crippen LogP contribution is 2.48. The maximum absolute atomic E-state index is 5.59. The lowest BCUT2D eigenvalue weighted by Gasteiger charge is -2.52. The number of hydrogen-bond donors (Lipinski definition) is 1. The minimum Gasteiger partial charge on any atom is -0.380 e. The summed E-state index contributed by atoms with van der Waals surface area (Å²) in [5.74, 6) is 1.75. The molecule has 92 valence electrons. The SMILES string of the molecule is CN1CCC(C2(C3CCCNC3)COC2)C1. The van der Waals surface area contributed by atoms with Gasteiger partial charge in [0.25, 0.3) is 0 Å². The summed E-state index contributed by atoms with van der Waals surface area (Å²) in [4.78, 5) is 2.49. The molecule has 3 rings (SSSR count). The molecule has 0 aromatic heterocycles. The first-order valence-electron chi connectivity index (χ1n) is 6.78. The molecule has 0 amide bonds. The molecular weight excluding hydrogens is 200 g/mol. The number of likely N-dealkylation sites (tertiary alicyclic amines) is 1. The van der Waals surface area contributed by atoms with E-state index in [-0.39, 0.29) is 0 Å². The topological polar surface area (TPSA) is 24.5 Å². The molecule has 3 fully saturated rings. The Balaban J connectivity index is 1.71. The number of nitrogens with one attached hydrogen (secondary N) is 1. The minimum absolute atomic E-state index is 0.526. The Morgan fingerprint density at radius 3 is 2.62 bits per heavy atom. The largest absolute Gasteiger partial charge is 0.380 e. The first-order chi connectivity index (χ1) is 7.81. The molecule has 0 radical (unpaired) electrons. The molecule has 0 bridgehead atoms. The zero-order valence-electron chi connectivity index (χ0n) is 10.4. The molecule has 16 heavy (non-hydrogen) atoms. The third kappa shape index (κ3) is 1.69. The molecule has 0 spiro atoms. The van der Waals surface area contributed by atoms with E-state index in [4.69, 9.17) is 4.74 Å².